The molecule has 0 aromatic heterocycles. The number of carbonyl (C=O) groups is 3. The Morgan fingerprint density at radius 3 is 2.48 bits per heavy atom. The monoisotopic (exact) mass is 396 g/mol. The number of carbonyl (C=O) groups excluding carboxylic acids is 3. The number of hydrogen-bond donors (Lipinski definition) is 0. The summed E-state index contributed by atoms with van der Waals surface area (Å²) in [5, 5.41) is 0. The van der Waals surface area contributed by atoms with Gasteiger partial charge in [0.15, 0.2) is 17.2 Å². The zero-order valence-electron chi connectivity index (χ0n) is 18.3. The number of ketones is 2. The standard InChI is InChI=1S/C25H32O4/c1-14-11-19-20(23(5)9-7-18(28)13-21(14)23)8-10-24(6)22(19)12-15(2)25(24,16(3)26)29-17(4)27/h11,13,19-20,22H,2,7-10,12H2,1,3-6H3/t19-,20?,22+,23-,24+,25+/m1/s1. The zero-order valence-corrected chi connectivity index (χ0v) is 18.3. The molecule has 0 aliphatic heterocycles. The van der Waals surface area contributed by atoms with E-state index in [2.05, 4.69) is 33.4 Å². The number of ether oxygens (including phenoxy) is 1. The first-order valence-electron chi connectivity index (χ1n) is 10.8. The van der Waals surface area contributed by atoms with Crippen molar-refractivity contribution in [1.82, 2.24) is 0 Å². The first-order chi connectivity index (χ1) is 13.5. The molecule has 29 heavy (non-hydrogen) atoms. The molecule has 2 saturated carbocycles. The zero-order chi connectivity index (χ0) is 21.4. The van der Waals surface area contributed by atoms with Gasteiger partial charge in [-0.1, -0.05) is 32.1 Å². The van der Waals surface area contributed by atoms with Crippen LogP contribution in [0.2, 0.25) is 0 Å². The lowest BCUT2D eigenvalue weighted by Crippen LogP contribution is -2.58. The molecular weight excluding hydrogens is 364 g/mol. The van der Waals surface area contributed by atoms with E-state index in [0.29, 0.717) is 18.8 Å². The van der Waals surface area contributed by atoms with Gasteiger partial charge in [-0.25, -0.2) is 0 Å². The lowest BCUT2D eigenvalue weighted by atomic mass is 9.47. The largest absolute Gasteiger partial charge is 0.446 e. The minimum Gasteiger partial charge on any atom is -0.446 e. The molecule has 4 nitrogen and oxygen atoms in total. The van der Waals surface area contributed by atoms with Crippen molar-refractivity contribution in [3.05, 3.63) is 35.5 Å². The van der Waals surface area contributed by atoms with Crippen LogP contribution in [0, 0.1) is 28.6 Å². The molecule has 0 spiro atoms. The molecule has 0 heterocycles. The minimum atomic E-state index is -1.23. The van der Waals surface area contributed by atoms with Gasteiger partial charge in [0, 0.05) is 18.8 Å². The summed E-state index contributed by atoms with van der Waals surface area (Å²) in [7, 11) is 0. The van der Waals surface area contributed by atoms with Crippen LogP contribution >= 0.6 is 0 Å². The van der Waals surface area contributed by atoms with Crippen LogP contribution in [0.15, 0.2) is 35.5 Å². The van der Waals surface area contributed by atoms with Gasteiger partial charge >= 0.3 is 5.97 Å². The summed E-state index contributed by atoms with van der Waals surface area (Å²) < 4.78 is 5.83. The van der Waals surface area contributed by atoms with Crippen molar-refractivity contribution >= 4 is 17.5 Å². The summed E-state index contributed by atoms with van der Waals surface area (Å²) >= 11 is 0. The van der Waals surface area contributed by atoms with E-state index in [1.54, 1.807) is 0 Å². The average Bonchev–Trinajstić information content (AvgIpc) is 2.85. The number of hydrogen-bond acceptors (Lipinski definition) is 4. The third kappa shape index (κ3) is 2.47. The minimum absolute atomic E-state index is 0.0109. The van der Waals surface area contributed by atoms with E-state index in [9.17, 15) is 14.4 Å². The Labute approximate surface area is 173 Å². The van der Waals surface area contributed by atoms with Crippen molar-refractivity contribution in [3.63, 3.8) is 0 Å². The summed E-state index contributed by atoms with van der Waals surface area (Å²) in [4.78, 5) is 37.0. The van der Waals surface area contributed by atoms with Gasteiger partial charge in [-0.3, -0.25) is 14.4 Å². The molecule has 0 N–H and O–H groups in total. The predicted octanol–water partition coefficient (Wildman–Crippen LogP) is 4.74. The summed E-state index contributed by atoms with van der Waals surface area (Å²) in [6.07, 6.45) is 8.15. The Kier molecular flexibility index (Phi) is 4.39. The quantitative estimate of drug-likeness (QED) is 0.500. The van der Waals surface area contributed by atoms with Crippen LogP contribution in [0.5, 0.6) is 0 Å². The molecule has 4 aliphatic rings. The molecule has 1 unspecified atom stereocenters. The van der Waals surface area contributed by atoms with Crippen molar-refractivity contribution in [2.75, 3.05) is 0 Å². The summed E-state index contributed by atoms with van der Waals surface area (Å²) in [5.41, 5.74) is 1.43. The fourth-order valence-corrected chi connectivity index (χ4v) is 7.50. The normalized spacial score (nSPS) is 43.6. The van der Waals surface area contributed by atoms with E-state index in [1.807, 2.05) is 6.08 Å². The molecule has 0 amide bonds. The van der Waals surface area contributed by atoms with Gasteiger partial charge < -0.3 is 4.74 Å². The SMILES string of the molecule is C=C1C[C@H]2[C@@H]3C=C(C)C4=CC(=O)CC[C@]4(C)C3CC[C@]2(C)[C@@]1(OC(C)=O)C(C)=O. The van der Waals surface area contributed by atoms with Gasteiger partial charge in [-0.2, -0.15) is 0 Å². The highest BCUT2D eigenvalue weighted by molar-refractivity contribution is 5.93. The third-order valence-corrected chi connectivity index (χ3v) is 8.78. The number of allylic oxidation sites excluding steroid dienone is 4. The van der Waals surface area contributed by atoms with Crippen molar-refractivity contribution < 1.29 is 19.1 Å². The van der Waals surface area contributed by atoms with E-state index >= 15 is 0 Å². The molecule has 0 bridgehead atoms. The third-order valence-electron chi connectivity index (χ3n) is 8.78. The lowest BCUT2D eigenvalue weighted by molar-refractivity contribution is -0.179. The van der Waals surface area contributed by atoms with Crippen LogP contribution < -0.4 is 0 Å². The van der Waals surface area contributed by atoms with E-state index in [0.717, 1.165) is 24.8 Å². The lowest BCUT2D eigenvalue weighted by Gasteiger charge is -2.57. The number of esters is 1. The predicted molar refractivity (Wildman–Crippen MR) is 111 cm³/mol. The van der Waals surface area contributed by atoms with E-state index in [4.69, 9.17) is 4.74 Å². The highest BCUT2D eigenvalue weighted by atomic mass is 16.6. The first kappa shape index (κ1) is 20.3. The van der Waals surface area contributed by atoms with Crippen LogP contribution in [0.1, 0.15) is 66.7 Å². The molecule has 0 aromatic carbocycles. The maximum Gasteiger partial charge on any atom is 0.303 e. The average molecular weight is 397 g/mol. The molecular formula is C25H32O4. The van der Waals surface area contributed by atoms with Gasteiger partial charge in [-0.15, -0.1) is 0 Å². The fourth-order valence-electron chi connectivity index (χ4n) is 7.50. The first-order valence-corrected chi connectivity index (χ1v) is 10.8. The van der Waals surface area contributed by atoms with Crippen LogP contribution in [-0.4, -0.2) is 23.1 Å². The maximum absolute atomic E-state index is 12.9. The van der Waals surface area contributed by atoms with Crippen molar-refractivity contribution in [2.24, 2.45) is 28.6 Å². The van der Waals surface area contributed by atoms with Crippen molar-refractivity contribution in [1.29, 1.82) is 0 Å². The molecule has 4 heteroatoms. The second-order valence-electron chi connectivity index (χ2n) is 10.2. The summed E-state index contributed by atoms with van der Waals surface area (Å²) in [6.45, 7) is 13.7. The highest BCUT2D eigenvalue weighted by Crippen LogP contribution is 2.68. The number of rotatable bonds is 2. The van der Waals surface area contributed by atoms with E-state index in [1.165, 1.54) is 25.0 Å². The molecule has 2 fully saturated rings. The number of Topliss-reactive ketones (excluding diaryl/α,β-unsaturated/α-hetero) is 1. The van der Waals surface area contributed by atoms with Gasteiger partial charge in [-0.05, 0) is 79.9 Å². The van der Waals surface area contributed by atoms with Gasteiger partial charge in [0.25, 0.3) is 0 Å². The fraction of sp³-hybridized carbons (Fsp3) is 0.640. The topological polar surface area (TPSA) is 60.4 Å². The Hall–Kier alpha value is -1.97. The Morgan fingerprint density at radius 2 is 1.86 bits per heavy atom. The Balaban J connectivity index is 1.84. The molecule has 4 rings (SSSR count). The molecule has 0 radical (unpaired) electrons. The Morgan fingerprint density at radius 1 is 1.17 bits per heavy atom. The summed E-state index contributed by atoms with van der Waals surface area (Å²) in [6, 6.07) is 0. The Bertz CT molecular complexity index is 892. The molecule has 6 atom stereocenters. The van der Waals surface area contributed by atoms with Crippen LogP contribution in [0.25, 0.3) is 0 Å². The second kappa shape index (κ2) is 6.26. The van der Waals surface area contributed by atoms with Crippen molar-refractivity contribution in [2.45, 2.75) is 72.3 Å². The second-order valence-corrected chi connectivity index (χ2v) is 10.2. The molecule has 0 aromatic rings. The molecule has 4 aliphatic carbocycles. The van der Waals surface area contributed by atoms with E-state index in [-0.39, 0.29) is 28.8 Å². The van der Waals surface area contributed by atoms with Gasteiger partial charge in [0.2, 0.25) is 0 Å². The smallest absolute Gasteiger partial charge is 0.303 e. The molecule has 156 valence electrons. The van der Waals surface area contributed by atoms with E-state index < -0.39 is 17.0 Å². The highest BCUT2D eigenvalue weighted by Gasteiger charge is 2.69. The number of fused-ring (bicyclic) bond motifs is 5. The maximum atomic E-state index is 12.9. The van der Waals surface area contributed by atoms with Crippen LogP contribution in [0.3, 0.4) is 0 Å². The summed E-state index contributed by atoms with van der Waals surface area (Å²) in [5.74, 6) is 0.595. The van der Waals surface area contributed by atoms with Crippen LogP contribution in [-0.2, 0) is 19.1 Å². The van der Waals surface area contributed by atoms with Gasteiger partial charge in [0.05, 0.1) is 0 Å². The molecule has 0 saturated heterocycles. The van der Waals surface area contributed by atoms with Crippen molar-refractivity contribution in [3.8, 4) is 0 Å². The van der Waals surface area contributed by atoms with Crippen LogP contribution in [0.4, 0.5) is 0 Å². The van der Waals surface area contributed by atoms with Gasteiger partial charge in [0.1, 0.15) is 0 Å².